The van der Waals surface area contributed by atoms with E-state index in [4.69, 9.17) is 5.11 Å². The van der Waals surface area contributed by atoms with E-state index in [1.54, 1.807) is 22.6 Å². The van der Waals surface area contributed by atoms with Crippen LogP contribution in [-0.2, 0) is 6.61 Å². The van der Waals surface area contributed by atoms with Gasteiger partial charge < -0.3 is 5.11 Å². The number of alkyl halides is 2. The number of halogens is 3. The fourth-order valence-corrected chi connectivity index (χ4v) is 1.60. The molecule has 0 saturated carbocycles. The van der Waals surface area contributed by atoms with E-state index in [0.29, 0.717) is 0 Å². The lowest BCUT2D eigenvalue weighted by Crippen LogP contribution is -1.99. The van der Waals surface area contributed by atoms with Crippen molar-refractivity contribution in [3.8, 4) is 0 Å². The summed E-state index contributed by atoms with van der Waals surface area (Å²) in [5.41, 5.74) is 0.0741. The van der Waals surface area contributed by atoms with Gasteiger partial charge in [-0.05, 0) is 34.2 Å². The van der Waals surface area contributed by atoms with Crippen LogP contribution in [0, 0.1) is 3.70 Å². The molecule has 1 rings (SSSR count). The number of aliphatic hydroxyl groups excluding tert-OH is 1. The van der Waals surface area contributed by atoms with E-state index in [0.717, 1.165) is 0 Å². The number of hydrogen-bond acceptors (Lipinski definition) is 2. The molecular weight excluding hydrogens is 279 g/mol. The molecule has 0 aliphatic heterocycles. The van der Waals surface area contributed by atoms with Gasteiger partial charge in [-0.25, -0.2) is 13.8 Å². The fraction of sp³-hybridized carbons (Fsp3) is 0.286. The third-order valence-electron chi connectivity index (χ3n) is 1.42. The third-order valence-corrected chi connectivity index (χ3v) is 2.28. The predicted octanol–water partition coefficient (Wildman–Crippen LogP) is 2.12. The molecule has 1 aromatic rings. The van der Waals surface area contributed by atoms with E-state index in [1.165, 1.54) is 12.3 Å². The molecule has 66 valence electrons. The fourth-order valence-electron chi connectivity index (χ4n) is 0.853. The van der Waals surface area contributed by atoms with E-state index in [-0.39, 0.29) is 21.4 Å². The second kappa shape index (κ2) is 4.08. The Morgan fingerprint density at radius 3 is 2.67 bits per heavy atom. The Morgan fingerprint density at radius 2 is 2.25 bits per heavy atom. The molecule has 0 aliphatic carbocycles. The zero-order chi connectivity index (χ0) is 9.14. The van der Waals surface area contributed by atoms with Gasteiger partial charge in [0.05, 0.1) is 12.2 Å². The van der Waals surface area contributed by atoms with Crippen LogP contribution in [0.3, 0.4) is 0 Å². The van der Waals surface area contributed by atoms with Gasteiger partial charge in [-0.3, -0.25) is 0 Å². The van der Waals surface area contributed by atoms with Crippen molar-refractivity contribution < 1.29 is 13.9 Å². The zero-order valence-corrected chi connectivity index (χ0v) is 8.12. The minimum Gasteiger partial charge on any atom is -0.392 e. The van der Waals surface area contributed by atoms with E-state index >= 15 is 0 Å². The molecule has 12 heavy (non-hydrogen) atoms. The number of aliphatic hydroxyl groups is 1. The zero-order valence-electron chi connectivity index (χ0n) is 5.97. The Hall–Kier alpha value is -0.300. The number of nitrogens with zero attached hydrogens (tertiary/aromatic N) is 1. The molecule has 1 aromatic heterocycles. The molecule has 0 radical (unpaired) electrons. The van der Waals surface area contributed by atoms with Crippen LogP contribution in [0.2, 0.25) is 0 Å². The molecule has 0 unspecified atom stereocenters. The highest BCUT2D eigenvalue weighted by Crippen LogP contribution is 2.26. The van der Waals surface area contributed by atoms with Gasteiger partial charge in [0.1, 0.15) is 3.70 Å². The van der Waals surface area contributed by atoms with Gasteiger partial charge in [-0.15, -0.1) is 0 Å². The van der Waals surface area contributed by atoms with Crippen molar-refractivity contribution in [1.82, 2.24) is 4.98 Å². The first-order chi connectivity index (χ1) is 5.66. The van der Waals surface area contributed by atoms with Crippen molar-refractivity contribution in [2.24, 2.45) is 0 Å². The standard InChI is InChI=1S/C7H6F2INO/c8-6(9)5-4(3-12)1-2-11-7(5)10/h1-2,6,12H,3H2. The molecule has 0 amide bonds. The second-order valence-corrected chi connectivity index (χ2v) is 3.16. The monoisotopic (exact) mass is 285 g/mol. The van der Waals surface area contributed by atoms with Crippen LogP contribution >= 0.6 is 22.6 Å². The Morgan fingerprint density at radius 1 is 1.58 bits per heavy atom. The Kier molecular flexibility index (Phi) is 3.33. The number of aromatic nitrogens is 1. The average Bonchev–Trinajstić information content (AvgIpc) is 2.03. The summed E-state index contributed by atoms with van der Waals surface area (Å²) in [7, 11) is 0. The summed E-state index contributed by atoms with van der Waals surface area (Å²) in [6.07, 6.45) is -1.17. The van der Waals surface area contributed by atoms with Gasteiger partial charge in [0, 0.05) is 6.20 Å². The summed E-state index contributed by atoms with van der Waals surface area (Å²) in [6, 6.07) is 1.39. The summed E-state index contributed by atoms with van der Waals surface area (Å²) < 4.78 is 24.9. The second-order valence-electron chi connectivity index (χ2n) is 2.13. The molecule has 1 N–H and O–H groups in total. The number of rotatable bonds is 2. The van der Waals surface area contributed by atoms with E-state index < -0.39 is 6.43 Å². The highest BCUT2D eigenvalue weighted by Gasteiger charge is 2.16. The lowest BCUT2D eigenvalue weighted by molar-refractivity contribution is 0.145. The molecule has 0 atom stereocenters. The van der Waals surface area contributed by atoms with Gasteiger partial charge in [-0.2, -0.15) is 0 Å². The maximum Gasteiger partial charge on any atom is 0.266 e. The van der Waals surface area contributed by atoms with Crippen molar-refractivity contribution in [3.05, 3.63) is 27.1 Å². The van der Waals surface area contributed by atoms with Crippen LogP contribution in [0.25, 0.3) is 0 Å². The quantitative estimate of drug-likeness (QED) is 0.667. The van der Waals surface area contributed by atoms with Gasteiger partial charge in [0.15, 0.2) is 0 Å². The predicted molar refractivity (Wildman–Crippen MR) is 47.8 cm³/mol. The maximum atomic E-state index is 12.3. The van der Waals surface area contributed by atoms with Crippen molar-refractivity contribution in [2.75, 3.05) is 0 Å². The van der Waals surface area contributed by atoms with Gasteiger partial charge in [0.2, 0.25) is 0 Å². The smallest absolute Gasteiger partial charge is 0.266 e. The Labute approximate surface area is 81.8 Å². The van der Waals surface area contributed by atoms with Crippen LogP contribution < -0.4 is 0 Å². The minimum atomic E-state index is -2.58. The Bertz CT molecular complexity index is 280. The van der Waals surface area contributed by atoms with Crippen LogP contribution in [0.4, 0.5) is 8.78 Å². The van der Waals surface area contributed by atoms with Gasteiger partial charge in [-0.1, -0.05) is 0 Å². The van der Waals surface area contributed by atoms with Crippen molar-refractivity contribution >= 4 is 22.6 Å². The molecule has 1 heterocycles. The summed E-state index contributed by atoms with van der Waals surface area (Å²) in [5, 5.41) is 8.73. The summed E-state index contributed by atoms with van der Waals surface area (Å²) >= 11 is 1.72. The first-order valence-electron chi connectivity index (χ1n) is 3.19. The van der Waals surface area contributed by atoms with Gasteiger partial charge >= 0.3 is 0 Å². The molecule has 0 aliphatic rings. The lowest BCUT2D eigenvalue weighted by Gasteiger charge is -2.06. The van der Waals surface area contributed by atoms with Crippen LogP contribution in [-0.4, -0.2) is 10.1 Å². The van der Waals surface area contributed by atoms with Crippen molar-refractivity contribution in [1.29, 1.82) is 0 Å². The summed E-state index contributed by atoms with van der Waals surface area (Å²) in [5.74, 6) is 0. The van der Waals surface area contributed by atoms with Crippen molar-refractivity contribution in [2.45, 2.75) is 13.0 Å². The van der Waals surface area contributed by atoms with Gasteiger partial charge in [0.25, 0.3) is 6.43 Å². The first-order valence-corrected chi connectivity index (χ1v) is 4.27. The Balaban J connectivity index is 3.20. The van der Waals surface area contributed by atoms with Crippen LogP contribution in [0.1, 0.15) is 17.6 Å². The average molecular weight is 285 g/mol. The molecule has 5 heteroatoms. The van der Waals surface area contributed by atoms with E-state index in [1.807, 2.05) is 0 Å². The highest BCUT2D eigenvalue weighted by atomic mass is 127. The molecule has 0 aromatic carbocycles. The minimum absolute atomic E-state index is 0.166. The topological polar surface area (TPSA) is 33.1 Å². The highest BCUT2D eigenvalue weighted by molar-refractivity contribution is 14.1. The number of pyridine rings is 1. The maximum absolute atomic E-state index is 12.3. The van der Waals surface area contributed by atoms with E-state index in [2.05, 4.69) is 4.98 Å². The molecule has 0 bridgehead atoms. The first kappa shape index (κ1) is 9.79. The summed E-state index contributed by atoms with van der Waals surface area (Å²) in [6.45, 7) is -0.377. The SMILES string of the molecule is OCc1ccnc(I)c1C(F)F. The van der Waals surface area contributed by atoms with Crippen molar-refractivity contribution in [3.63, 3.8) is 0 Å². The van der Waals surface area contributed by atoms with E-state index in [9.17, 15) is 8.78 Å². The lowest BCUT2D eigenvalue weighted by atomic mass is 10.1. The number of hydrogen-bond donors (Lipinski definition) is 1. The normalized spacial score (nSPS) is 10.8. The largest absolute Gasteiger partial charge is 0.392 e. The van der Waals surface area contributed by atoms with Crippen LogP contribution in [0.15, 0.2) is 12.3 Å². The molecular formula is C7H6F2INO. The third kappa shape index (κ3) is 1.89. The molecule has 0 spiro atoms. The summed E-state index contributed by atoms with van der Waals surface area (Å²) in [4.78, 5) is 3.70. The molecule has 0 fully saturated rings. The van der Waals surface area contributed by atoms with Crippen LogP contribution in [0.5, 0.6) is 0 Å². The molecule has 0 saturated heterocycles. The molecule has 2 nitrogen and oxygen atoms in total.